The second kappa shape index (κ2) is 3.02. The van der Waals surface area contributed by atoms with Gasteiger partial charge in [-0.25, -0.2) is 0 Å². The van der Waals surface area contributed by atoms with Gasteiger partial charge in [-0.15, -0.1) is 5.10 Å². The van der Waals surface area contributed by atoms with Crippen LogP contribution in [0.15, 0.2) is 18.3 Å². The van der Waals surface area contributed by atoms with Crippen LogP contribution in [0, 0.1) is 6.92 Å². The van der Waals surface area contributed by atoms with Crippen LogP contribution in [-0.2, 0) is 0 Å². The third kappa shape index (κ3) is 1.68. The highest BCUT2D eigenvalue weighted by atomic mass is 16.5. The van der Waals surface area contributed by atoms with Gasteiger partial charge in [0.1, 0.15) is 0 Å². The van der Waals surface area contributed by atoms with E-state index < -0.39 is 0 Å². The molecule has 47 valence electrons. The highest BCUT2D eigenvalue weighted by Crippen LogP contribution is 1.99. The molecule has 0 aliphatic carbocycles. The van der Waals surface area contributed by atoms with Gasteiger partial charge in [-0.05, 0) is 13.0 Å². The lowest BCUT2D eigenvalue weighted by Crippen LogP contribution is -1.94. The summed E-state index contributed by atoms with van der Waals surface area (Å²) in [5.41, 5.74) is 0. The van der Waals surface area contributed by atoms with E-state index in [2.05, 4.69) is 17.1 Å². The Morgan fingerprint density at radius 3 is 3.11 bits per heavy atom. The van der Waals surface area contributed by atoms with Gasteiger partial charge in [-0.3, -0.25) is 0 Å². The van der Waals surface area contributed by atoms with E-state index in [0.29, 0.717) is 12.5 Å². The SMILES string of the molecule is [CH2]COc1cccnn1. The highest BCUT2D eigenvalue weighted by Gasteiger charge is 1.87. The predicted molar refractivity (Wildman–Crippen MR) is 32.9 cm³/mol. The van der Waals surface area contributed by atoms with Crippen LogP contribution in [0.3, 0.4) is 0 Å². The van der Waals surface area contributed by atoms with Gasteiger partial charge in [0.25, 0.3) is 0 Å². The Morgan fingerprint density at radius 1 is 1.67 bits per heavy atom. The predicted octanol–water partition coefficient (Wildman–Crippen LogP) is 0.689. The highest BCUT2D eigenvalue weighted by molar-refractivity contribution is 5.04. The summed E-state index contributed by atoms with van der Waals surface area (Å²) in [6, 6.07) is 3.50. The van der Waals surface area contributed by atoms with E-state index in [4.69, 9.17) is 4.74 Å². The van der Waals surface area contributed by atoms with E-state index in [1.54, 1.807) is 18.3 Å². The summed E-state index contributed by atoms with van der Waals surface area (Å²) >= 11 is 0. The zero-order chi connectivity index (χ0) is 6.53. The van der Waals surface area contributed by atoms with Crippen molar-refractivity contribution in [2.24, 2.45) is 0 Å². The second-order valence-corrected chi connectivity index (χ2v) is 1.41. The molecular weight excluding hydrogens is 116 g/mol. The fourth-order valence-corrected chi connectivity index (χ4v) is 0.469. The molecular formula is C6H7N2O. The van der Waals surface area contributed by atoms with Crippen LogP contribution in [0.2, 0.25) is 0 Å². The molecule has 0 atom stereocenters. The molecule has 1 aromatic rings. The van der Waals surface area contributed by atoms with E-state index in [1.807, 2.05) is 0 Å². The molecule has 1 rings (SSSR count). The molecule has 0 amide bonds. The Kier molecular flexibility index (Phi) is 2.01. The van der Waals surface area contributed by atoms with Crippen LogP contribution in [0.4, 0.5) is 0 Å². The molecule has 0 saturated carbocycles. The maximum Gasteiger partial charge on any atom is 0.233 e. The summed E-state index contributed by atoms with van der Waals surface area (Å²) in [5, 5.41) is 7.26. The zero-order valence-electron chi connectivity index (χ0n) is 4.95. The van der Waals surface area contributed by atoms with Crippen LogP contribution < -0.4 is 4.74 Å². The molecule has 0 fully saturated rings. The van der Waals surface area contributed by atoms with E-state index in [1.165, 1.54) is 0 Å². The first-order valence-electron chi connectivity index (χ1n) is 2.63. The molecule has 0 unspecified atom stereocenters. The lowest BCUT2D eigenvalue weighted by molar-refractivity contribution is 0.342. The van der Waals surface area contributed by atoms with Crippen molar-refractivity contribution in [1.29, 1.82) is 0 Å². The average Bonchev–Trinajstić information content (AvgIpc) is 1.91. The summed E-state index contributed by atoms with van der Waals surface area (Å²) in [5.74, 6) is 0.521. The Bertz CT molecular complexity index is 164. The van der Waals surface area contributed by atoms with Crippen LogP contribution in [-0.4, -0.2) is 16.8 Å². The number of ether oxygens (including phenoxy) is 1. The number of hydrogen-bond acceptors (Lipinski definition) is 3. The van der Waals surface area contributed by atoms with E-state index >= 15 is 0 Å². The molecule has 0 aromatic carbocycles. The molecule has 3 heteroatoms. The molecule has 0 N–H and O–H groups in total. The van der Waals surface area contributed by atoms with Crippen LogP contribution in [0.25, 0.3) is 0 Å². The van der Waals surface area contributed by atoms with Gasteiger partial charge in [0.05, 0.1) is 6.61 Å². The quantitative estimate of drug-likeness (QED) is 0.580. The summed E-state index contributed by atoms with van der Waals surface area (Å²) < 4.78 is 4.92. The van der Waals surface area contributed by atoms with Crippen molar-refractivity contribution in [3.63, 3.8) is 0 Å². The van der Waals surface area contributed by atoms with Gasteiger partial charge in [-0.1, -0.05) is 0 Å². The Hall–Kier alpha value is -1.12. The topological polar surface area (TPSA) is 35.0 Å². The first kappa shape index (κ1) is 6.01. The van der Waals surface area contributed by atoms with Crippen molar-refractivity contribution in [2.75, 3.05) is 6.61 Å². The zero-order valence-corrected chi connectivity index (χ0v) is 4.95. The second-order valence-electron chi connectivity index (χ2n) is 1.41. The van der Waals surface area contributed by atoms with Gasteiger partial charge in [-0.2, -0.15) is 5.10 Å². The average molecular weight is 123 g/mol. The Balaban J connectivity index is 2.61. The standard InChI is InChI=1S/C6H7N2O/c1-2-9-6-4-3-5-7-8-6/h3-5H,1-2H2. The summed E-state index contributed by atoms with van der Waals surface area (Å²) in [6.45, 7) is 3.88. The molecule has 0 aliphatic rings. The lowest BCUT2D eigenvalue weighted by atomic mass is 10.6. The minimum absolute atomic E-state index is 0.388. The molecule has 0 spiro atoms. The molecule has 1 aromatic heterocycles. The lowest BCUT2D eigenvalue weighted by Gasteiger charge is -1.96. The maximum atomic E-state index is 4.92. The Labute approximate surface area is 53.7 Å². The number of nitrogens with zero attached hydrogens (tertiary/aromatic N) is 2. The van der Waals surface area contributed by atoms with E-state index in [9.17, 15) is 0 Å². The van der Waals surface area contributed by atoms with Crippen LogP contribution in [0.5, 0.6) is 5.88 Å². The summed E-state index contributed by atoms with van der Waals surface area (Å²) in [7, 11) is 0. The first-order chi connectivity index (χ1) is 4.43. The van der Waals surface area contributed by atoms with Crippen molar-refractivity contribution < 1.29 is 4.74 Å². The normalized spacial score (nSPS) is 9.00. The van der Waals surface area contributed by atoms with Gasteiger partial charge in [0, 0.05) is 12.3 Å². The van der Waals surface area contributed by atoms with Crippen molar-refractivity contribution in [2.45, 2.75) is 0 Å². The summed E-state index contributed by atoms with van der Waals surface area (Å²) in [6.07, 6.45) is 1.59. The van der Waals surface area contributed by atoms with Crippen LogP contribution in [0.1, 0.15) is 0 Å². The monoisotopic (exact) mass is 123 g/mol. The molecule has 1 heterocycles. The summed E-state index contributed by atoms with van der Waals surface area (Å²) in [4.78, 5) is 0. The van der Waals surface area contributed by atoms with Crippen LogP contribution >= 0.6 is 0 Å². The Morgan fingerprint density at radius 2 is 2.56 bits per heavy atom. The van der Waals surface area contributed by atoms with Crippen molar-refractivity contribution in [3.8, 4) is 5.88 Å². The molecule has 0 bridgehead atoms. The molecule has 0 aliphatic heterocycles. The fraction of sp³-hybridized carbons (Fsp3) is 0.167. The van der Waals surface area contributed by atoms with Gasteiger partial charge < -0.3 is 4.74 Å². The molecule has 0 saturated heterocycles. The third-order valence-electron chi connectivity index (χ3n) is 0.798. The van der Waals surface area contributed by atoms with Gasteiger partial charge in [0.15, 0.2) is 0 Å². The molecule has 9 heavy (non-hydrogen) atoms. The van der Waals surface area contributed by atoms with Crippen molar-refractivity contribution in [1.82, 2.24) is 10.2 Å². The van der Waals surface area contributed by atoms with Crippen molar-refractivity contribution in [3.05, 3.63) is 25.3 Å². The molecule has 3 nitrogen and oxygen atoms in total. The number of aromatic nitrogens is 2. The van der Waals surface area contributed by atoms with E-state index in [0.717, 1.165) is 0 Å². The van der Waals surface area contributed by atoms with Gasteiger partial charge in [0.2, 0.25) is 5.88 Å². The fourth-order valence-electron chi connectivity index (χ4n) is 0.469. The minimum Gasteiger partial charge on any atom is -0.477 e. The number of hydrogen-bond donors (Lipinski definition) is 0. The van der Waals surface area contributed by atoms with Crippen molar-refractivity contribution >= 4 is 0 Å². The smallest absolute Gasteiger partial charge is 0.233 e. The maximum absolute atomic E-state index is 4.92. The molecule has 1 radical (unpaired) electrons. The number of rotatable bonds is 2. The third-order valence-corrected chi connectivity index (χ3v) is 0.798. The van der Waals surface area contributed by atoms with Gasteiger partial charge >= 0.3 is 0 Å². The van der Waals surface area contributed by atoms with E-state index in [-0.39, 0.29) is 0 Å². The first-order valence-corrected chi connectivity index (χ1v) is 2.63. The minimum atomic E-state index is 0.388. The largest absolute Gasteiger partial charge is 0.477 e.